The Labute approximate surface area is 143 Å². The van der Waals surface area contributed by atoms with Gasteiger partial charge in [0.2, 0.25) is 5.91 Å². The van der Waals surface area contributed by atoms with Gasteiger partial charge in [0.15, 0.2) is 0 Å². The second-order valence-electron chi connectivity index (χ2n) is 7.23. The molecule has 24 heavy (non-hydrogen) atoms. The Morgan fingerprint density at radius 1 is 1.25 bits per heavy atom. The summed E-state index contributed by atoms with van der Waals surface area (Å²) in [7, 11) is 0. The number of carbonyl (C=O) groups excluding carboxylic acids is 1. The minimum Gasteiger partial charge on any atom is -0.337 e. The number of fused-ring (bicyclic) bond motifs is 1. The lowest BCUT2D eigenvalue weighted by Crippen LogP contribution is -2.40. The molecule has 1 aliphatic carbocycles. The zero-order chi connectivity index (χ0) is 16.7. The van der Waals surface area contributed by atoms with Crippen LogP contribution in [0.5, 0.6) is 0 Å². The molecule has 0 spiro atoms. The van der Waals surface area contributed by atoms with Gasteiger partial charge in [0.1, 0.15) is 0 Å². The summed E-state index contributed by atoms with van der Waals surface area (Å²) in [5, 5.41) is 4.58. The zero-order valence-corrected chi connectivity index (χ0v) is 14.5. The summed E-state index contributed by atoms with van der Waals surface area (Å²) in [6, 6.07) is 10.8. The number of benzene rings is 1. The van der Waals surface area contributed by atoms with Crippen molar-refractivity contribution in [2.75, 3.05) is 6.54 Å². The van der Waals surface area contributed by atoms with E-state index >= 15 is 0 Å². The highest BCUT2D eigenvalue weighted by atomic mass is 16.2. The number of rotatable bonds is 3. The molecule has 1 aliphatic heterocycles. The highest BCUT2D eigenvalue weighted by Gasteiger charge is 2.36. The third-order valence-electron chi connectivity index (χ3n) is 5.58. The monoisotopic (exact) mass is 323 g/mol. The Kier molecular flexibility index (Phi) is 3.91. The van der Waals surface area contributed by atoms with E-state index in [9.17, 15) is 4.79 Å². The van der Waals surface area contributed by atoms with Crippen molar-refractivity contribution in [3.05, 3.63) is 52.8 Å². The lowest BCUT2D eigenvalue weighted by molar-refractivity contribution is -0.133. The van der Waals surface area contributed by atoms with Gasteiger partial charge in [0.05, 0.1) is 24.2 Å². The Bertz CT molecular complexity index is 764. The maximum absolute atomic E-state index is 13.2. The Balaban J connectivity index is 1.53. The molecule has 2 atom stereocenters. The Hall–Kier alpha value is -2.10. The molecule has 1 aromatic carbocycles. The molecule has 126 valence electrons. The summed E-state index contributed by atoms with van der Waals surface area (Å²) in [6.07, 6.45) is 4.17. The third kappa shape index (κ3) is 2.64. The first-order valence-corrected chi connectivity index (χ1v) is 9.03. The molecule has 0 N–H and O–H groups in total. The molecule has 1 saturated heterocycles. The maximum Gasteiger partial charge on any atom is 0.230 e. The lowest BCUT2D eigenvalue weighted by Gasteiger charge is -2.28. The molecule has 2 aromatic rings. The van der Waals surface area contributed by atoms with Crippen LogP contribution in [-0.2, 0) is 17.8 Å². The summed E-state index contributed by atoms with van der Waals surface area (Å²) in [5.74, 6) is 0.381. The number of aryl methyl sites for hydroxylation is 3. The smallest absolute Gasteiger partial charge is 0.230 e. The van der Waals surface area contributed by atoms with Crippen molar-refractivity contribution in [1.82, 2.24) is 14.7 Å². The van der Waals surface area contributed by atoms with E-state index in [1.807, 2.05) is 6.92 Å². The number of likely N-dealkylation sites (tertiary alicyclic amines) is 1. The number of hydrogen-bond donors (Lipinski definition) is 0. The average molecular weight is 323 g/mol. The predicted octanol–water partition coefficient (Wildman–Crippen LogP) is 3.22. The van der Waals surface area contributed by atoms with Gasteiger partial charge in [-0.1, -0.05) is 24.3 Å². The van der Waals surface area contributed by atoms with Gasteiger partial charge in [0.25, 0.3) is 0 Å². The minimum absolute atomic E-state index is 0.0576. The van der Waals surface area contributed by atoms with Gasteiger partial charge in [-0.15, -0.1) is 0 Å². The number of amides is 1. The van der Waals surface area contributed by atoms with Crippen molar-refractivity contribution < 1.29 is 4.79 Å². The zero-order valence-electron chi connectivity index (χ0n) is 14.5. The van der Waals surface area contributed by atoms with Crippen LogP contribution in [0.3, 0.4) is 0 Å². The standard InChI is InChI=1S/C20H25N3O/c1-14-12-15(2)23(21-14)13-17-7-5-11-22(17)20(24)19-10-9-16-6-3-4-8-18(16)19/h3-4,6,8,12,17,19H,5,7,9-11,13H2,1-2H3/t17-,19+/m0/s1. The molecule has 0 radical (unpaired) electrons. The van der Waals surface area contributed by atoms with Crippen molar-refractivity contribution in [3.8, 4) is 0 Å². The van der Waals surface area contributed by atoms with E-state index in [0.717, 1.165) is 44.5 Å². The second-order valence-corrected chi connectivity index (χ2v) is 7.23. The Morgan fingerprint density at radius 3 is 2.88 bits per heavy atom. The van der Waals surface area contributed by atoms with Crippen LogP contribution in [-0.4, -0.2) is 33.2 Å². The number of carbonyl (C=O) groups is 1. The molecule has 1 amide bonds. The van der Waals surface area contributed by atoms with E-state index in [4.69, 9.17) is 0 Å². The molecule has 0 bridgehead atoms. The first kappa shape index (κ1) is 15.4. The van der Waals surface area contributed by atoms with Gasteiger partial charge >= 0.3 is 0 Å². The van der Waals surface area contributed by atoms with Crippen molar-refractivity contribution in [2.45, 2.75) is 58.0 Å². The van der Waals surface area contributed by atoms with Crippen molar-refractivity contribution in [3.63, 3.8) is 0 Å². The molecular formula is C20H25N3O. The summed E-state index contributed by atoms with van der Waals surface area (Å²) >= 11 is 0. The number of hydrogen-bond acceptors (Lipinski definition) is 2. The highest BCUT2D eigenvalue weighted by Crippen LogP contribution is 2.36. The topological polar surface area (TPSA) is 38.1 Å². The van der Waals surface area contributed by atoms with Crippen LogP contribution in [0.1, 0.15) is 47.7 Å². The Morgan fingerprint density at radius 2 is 2.08 bits per heavy atom. The first-order valence-electron chi connectivity index (χ1n) is 9.03. The summed E-state index contributed by atoms with van der Waals surface area (Å²) < 4.78 is 2.06. The van der Waals surface area contributed by atoms with Crippen LogP contribution in [0.15, 0.2) is 30.3 Å². The summed E-state index contributed by atoms with van der Waals surface area (Å²) in [6.45, 7) is 5.83. The molecule has 4 rings (SSSR count). The predicted molar refractivity (Wildman–Crippen MR) is 93.9 cm³/mol. The van der Waals surface area contributed by atoms with Crippen LogP contribution in [0, 0.1) is 13.8 Å². The first-order chi connectivity index (χ1) is 11.6. The fourth-order valence-corrected chi connectivity index (χ4v) is 4.39. The van der Waals surface area contributed by atoms with Gasteiger partial charge in [-0.25, -0.2) is 0 Å². The lowest BCUT2D eigenvalue weighted by atomic mass is 9.99. The molecule has 0 unspecified atom stereocenters. The number of nitrogens with zero attached hydrogens (tertiary/aromatic N) is 3. The molecule has 1 fully saturated rings. The van der Waals surface area contributed by atoms with Gasteiger partial charge in [0, 0.05) is 12.2 Å². The molecular weight excluding hydrogens is 298 g/mol. The minimum atomic E-state index is 0.0576. The fourth-order valence-electron chi connectivity index (χ4n) is 4.39. The van der Waals surface area contributed by atoms with Crippen LogP contribution in [0.4, 0.5) is 0 Å². The molecule has 4 heteroatoms. The second kappa shape index (κ2) is 6.08. The van der Waals surface area contributed by atoms with Gasteiger partial charge in [-0.05, 0) is 56.7 Å². The molecule has 2 heterocycles. The molecule has 1 aromatic heterocycles. The van der Waals surface area contributed by atoms with Crippen LogP contribution in [0.25, 0.3) is 0 Å². The molecule has 4 nitrogen and oxygen atoms in total. The normalized spacial score (nSPS) is 22.8. The van der Waals surface area contributed by atoms with E-state index in [1.54, 1.807) is 0 Å². The van der Waals surface area contributed by atoms with Crippen molar-refractivity contribution in [1.29, 1.82) is 0 Å². The summed E-state index contributed by atoms with van der Waals surface area (Å²) in [4.78, 5) is 15.3. The van der Waals surface area contributed by atoms with Crippen LogP contribution in [0.2, 0.25) is 0 Å². The molecule has 0 saturated carbocycles. The van der Waals surface area contributed by atoms with Gasteiger partial charge in [-0.3, -0.25) is 9.48 Å². The SMILES string of the molecule is Cc1cc(C)n(C[C@@H]2CCCN2C(=O)[C@@H]2CCc3ccccc32)n1. The van der Waals surface area contributed by atoms with Gasteiger partial charge in [-0.2, -0.15) is 5.10 Å². The van der Waals surface area contributed by atoms with E-state index < -0.39 is 0 Å². The maximum atomic E-state index is 13.2. The van der Waals surface area contributed by atoms with E-state index in [1.165, 1.54) is 16.8 Å². The van der Waals surface area contributed by atoms with Crippen LogP contribution < -0.4 is 0 Å². The van der Waals surface area contributed by atoms with E-state index in [0.29, 0.717) is 5.91 Å². The highest BCUT2D eigenvalue weighted by molar-refractivity contribution is 5.85. The van der Waals surface area contributed by atoms with Gasteiger partial charge < -0.3 is 4.90 Å². The molecule has 2 aliphatic rings. The largest absolute Gasteiger partial charge is 0.337 e. The van der Waals surface area contributed by atoms with E-state index in [2.05, 4.69) is 51.9 Å². The van der Waals surface area contributed by atoms with E-state index in [-0.39, 0.29) is 12.0 Å². The third-order valence-corrected chi connectivity index (χ3v) is 5.58. The number of aromatic nitrogens is 2. The average Bonchev–Trinajstić information content (AvgIpc) is 3.26. The quantitative estimate of drug-likeness (QED) is 0.870. The van der Waals surface area contributed by atoms with Crippen molar-refractivity contribution in [2.24, 2.45) is 0 Å². The van der Waals surface area contributed by atoms with Crippen molar-refractivity contribution >= 4 is 5.91 Å². The fraction of sp³-hybridized carbons (Fsp3) is 0.500. The summed E-state index contributed by atoms with van der Waals surface area (Å²) in [5.41, 5.74) is 4.83. The van der Waals surface area contributed by atoms with Crippen LogP contribution >= 0.6 is 0 Å².